The van der Waals surface area contributed by atoms with Gasteiger partial charge >= 0.3 is 5.97 Å². The van der Waals surface area contributed by atoms with E-state index in [1.165, 1.54) is 7.11 Å². The van der Waals surface area contributed by atoms with Crippen LogP contribution in [-0.2, 0) is 9.53 Å². The van der Waals surface area contributed by atoms with Crippen LogP contribution in [0.1, 0.15) is 19.2 Å². The van der Waals surface area contributed by atoms with E-state index in [1.54, 1.807) is 11.3 Å². The lowest BCUT2D eigenvalue weighted by Crippen LogP contribution is -2.33. The van der Waals surface area contributed by atoms with Gasteiger partial charge in [-0.1, -0.05) is 30.3 Å². The van der Waals surface area contributed by atoms with Gasteiger partial charge in [-0.3, -0.25) is 4.79 Å². The van der Waals surface area contributed by atoms with Crippen molar-refractivity contribution in [3.8, 4) is 11.1 Å². The summed E-state index contributed by atoms with van der Waals surface area (Å²) in [6.45, 7) is 5.27. The SMILES string of the molecule is COC(=O)C1(C)CCN(c2nc(C)nc3scc(-c4ccccc4)c23)C1. The number of anilines is 1. The Kier molecular flexibility index (Phi) is 4.15. The normalized spacial score (nSPS) is 19.9. The van der Waals surface area contributed by atoms with Gasteiger partial charge in [0.1, 0.15) is 16.5 Å². The number of esters is 1. The topological polar surface area (TPSA) is 55.3 Å². The van der Waals surface area contributed by atoms with Crippen molar-refractivity contribution < 1.29 is 9.53 Å². The molecule has 0 radical (unpaired) electrons. The van der Waals surface area contributed by atoms with Crippen LogP contribution in [0.2, 0.25) is 0 Å². The fourth-order valence-corrected chi connectivity index (χ4v) is 4.63. The van der Waals surface area contributed by atoms with Gasteiger partial charge < -0.3 is 9.64 Å². The number of fused-ring (bicyclic) bond motifs is 1. The maximum atomic E-state index is 12.2. The first-order chi connectivity index (χ1) is 12.5. The predicted molar refractivity (Wildman–Crippen MR) is 105 cm³/mol. The molecule has 3 aromatic rings. The highest BCUT2D eigenvalue weighted by Crippen LogP contribution is 2.41. The molecule has 1 saturated heterocycles. The van der Waals surface area contributed by atoms with E-state index in [0.717, 1.165) is 46.0 Å². The highest BCUT2D eigenvalue weighted by atomic mass is 32.1. The van der Waals surface area contributed by atoms with Crippen molar-refractivity contribution in [1.29, 1.82) is 0 Å². The lowest BCUT2D eigenvalue weighted by atomic mass is 9.90. The number of hydrogen-bond donors (Lipinski definition) is 0. The Labute approximate surface area is 156 Å². The highest BCUT2D eigenvalue weighted by Gasteiger charge is 2.42. The Hall–Kier alpha value is -2.47. The van der Waals surface area contributed by atoms with E-state index in [2.05, 4.69) is 27.4 Å². The maximum Gasteiger partial charge on any atom is 0.313 e. The molecule has 0 bridgehead atoms. The summed E-state index contributed by atoms with van der Waals surface area (Å²) in [5.41, 5.74) is 1.80. The van der Waals surface area contributed by atoms with Gasteiger partial charge in [0.05, 0.1) is 17.9 Å². The van der Waals surface area contributed by atoms with Crippen molar-refractivity contribution in [3.05, 3.63) is 41.5 Å². The number of aromatic nitrogens is 2. The van der Waals surface area contributed by atoms with Crippen molar-refractivity contribution >= 4 is 33.3 Å². The van der Waals surface area contributed by atoms with Gasteiger partial charge in [0.2, 0.25) is 0 Å². The van der Waals surface area contributed by atoms with Gasteiger partial charge in [-0.15, -0.1) is 11.3 Å². The quantitative estimate of drug-likeness (QED) is 0.654. The number of carbonyl (C=O) groups is 1. The van der Waals surface area contributed by atoms with Crippen LogP contribution in [0.25, 0.3) is 21.3 Å². The van der Waals surface area contributed by atoms with Gasteiger partial charge in [0.25, 0.3) is 0 Å². The number of thiophene rings is 1. The van der Waals surface area contributed by atoms with E-state index < -0.39 is 5.41 Å². The van der Waals surface area contributed by atoms with E-state index in [-0.39, 0.29) is 5.97 Å². The number of benzene rings is 1. The molecule has 4 rings (SSSR count). The van der Waals surface area contributed by atoms with Crippen LogP contribution in [0.4, 0.5) is 5.82 Å². The largest absolute Gasteiger partial charge is 0.469 e. The molecule has 3 heterocycles. The number of rotatable bonds is 3. The van der Waals surface area contributed by atoms with Gasteiger partial charge in [-0.2, -0.15) is 0 Å². The molecule has 0 spiro atoms. The van der Waals surface area contributed by atoms with E-state index in [9.17, 15) is 4.79 Å². The summed E-state index contributed by atoms with van der Waals surface area (Å²) in [7, 11) is 1.45. The fourth-order valence-electron chi connectivity index (χ4n) is 3.64. The molecule has 1 aromatic carbocycles. The van der Waals surface area contributed by atoms with E-state index in [1.807, 2.05) is 32.0 Å². The number of ether oxygens (including phenoxy) is 1. The lowest BCUT2D eigenvalue weighted by molar-refractivity contribution is -0.150. The first kappa shape index (κ1) is 17.0. The molecule has 1 atom stereocenters. The standard InChI is InChI=1S/C20H21N3O2S/c1-13-21-17(23-10-9-20(2,12-23)19(24)25-3)16-15(11-26-18(16)22-13)14-7-5-4-6-8-14/h4-8,11H,9-10,12H2,1-3H3. The summed E-state index contributed by atoms with van der Waals surface area (Å²) < 4.78 is 5.01. The average molecular weight is 367 g/mol. The molecule has 6 heteroatoms. The van der Waals surface area contributed by atoms with Gasteiger partial charge in [0.15, 0.2) is 0 Å². The minimum atomic E-state index is -0.497. The van der Waals surface area contributed by atoms with E-state index >= 15 is 0 Å². The Balaban J connectivity index is 1.83. The van der Waals surface area contributed by atoms with Gasteiger partial charge in [-0.25, -0.2) is 9.97 Å². The molecule has 0 amide bonds. The van der Waals surface area contributed by atoms with Crippen molar-refractivity contribution in [1.82, 2.24) is 9.97 Å². The molecule has 26 heavy (non-hydrogen) atoms. The molecule has 1 aliphatic rings. The Morgan fingerprint density at radius 2 is 2.04 bits per heavy atom. The van der Waals surface area contributed by atoms with Crippen LogP contribution >= 0.6 is 11.3 Å². The number of nitrogens with zero attached hydrogens (tertiary/aromatic N) is 3. The summed E-state index contributed by atoms with van der Waals surface area (Å²) in [5, 5.41) is 3.22. The van der Waals surface area contributed by atoms with E-state index in [0.29, 0.717) is 6.54 Å². The molecule has 0 saturated carbocycles. The smallest absolute Gasteiger partial charge is 0.313 e. The lowest BCUT2D eigenvalue weighted by Gasteiger charge is -2.23. The third kappa shape index (κ3) is 2.74. The van der Waals surface area contributed by atoms with Gasteiger partial charge in [0, 0.05) is 24.0 Å². The summed E-state index contributed by atoms with van der Waals surface area (Å²) in [6.07, 6.45) is 0.759. The predicted octanol–water partition coefficient (Wildman–Crippen LogP) is 4.06. The summed E-state index contributed by atoms with van der Waals surface area (Å²) in [6, 6.07) is 10.3. The molecular formula is C20H21N3O2S. The molecule has 1 fully saturated rings. The molecule has 1 aliphatic heterocycles. The molecule has 0 N–H and O–H groups in total. The zero-order valence-corrected chi connectivity index (χ0v) is 16.0. The van der Waals surface area contributed by atoms with Crippen molar-refractivity contribution in [2.24, 2.45) is 5.41 Å². The van der Waals surface area contributed by atoms with E-state index in [4.69, 9.17) is 9.72 Å². The van der Waals surface area contributed by atoms with Crippen LogP contribution < -0.4 is 4.90 Å². The van der Waals surface area contributed by atoms with Crippen molar-refractivity contribution in [3.63, 3.8) is 0 Å². The molecular weight excluding hydrogens is 346 g/mol. The van der Waals surface area contributed by atoms with Crippen LogP contribution in [-0.4, -0.2) is 36.1 Å². The zero-order chi connectivity index (χ0) is 18.3. The van der Waals surface area contributed by atoms with Crippen molar-refractivity contribution in [2.75, 3.05) is 25.1 Å². The second kappa shape index (κ2) is 6.36. The number of methoxy groups -OCH3 is 1. The fraction of sp³-hybridized carbons (Fsp3) is 0.350. The Morgan fingerprint density at radius 3 is 2.77 bits per heavy atom. The third-order valence-corrected chi connectivity index (χ3v) is 5.93. The third-order valence-electron chi connectivity index (χ3n) is 5.06. The average Bonchev–Trinajstić information content (AvgIpc) is 3.25. The second-order valence-electron chi connectivity index (χ2n) is 7.01. The first-order valence-corrected chi connectivity index (χ1v) is 9.54. The summed E-state index contributed by atoms with van der Waals surface area (Å²) in [4.78, 5) is 24.8. The van der Waals surface area contributed by atoms with Crippen LogP contribution in [0.15, 0.2) is 35.7 Å². The highest BCUT2D eigenvalue weighted by molar-refractivity contribution is 7.17. The molecule has 134 valence electrons. The number of aryl methyl sites for hydroxylation is 1. The molecule has 0 aliphatic carbocycles. The zero-order valence-electron chi connectivity index (χ0n) is 15.2. The molecule has 2 aromatic heterocycles. The number of hydrogen-bond acceptors (Lipinski definition) is 6. The first-order valence-electron chi connectivity index (χ1n) is 8.66. The van der Waals surface area contributed by atoms with Crippen LogP contribution in [0.3, 0.4) is 0 Å². The van der Waals surface area contributed by atoms with Crippen LogP contribution in [0.5, 0.6) is 0 Å². The molecule has 1 unspecified atom stereocenters. The summed E-state index contributed by atoms with van der Waals surface area (Å²) in [5.74, 6) is 1.51. The minimum Gasteiger partial charge on any atom is -0.469 e. The second-order valence-corrected chi connectivity index (χ2v) is 7.87. The Bertz CT molecular complexity index is 970. The minimum absolute atomic E-state index is 0.157. The van der Waals surface area contributed by atoms with Gasteiger partial charge in [-0.05, 0) is 25.8 Å². The molecule has 5 nitrogen and oxygen atoms in total. The monoisotopic (exact) mass is 367 g/mol. The van der Waals surface area contributed by atoms with Crippen LogP contribution in [0, 0.1) is 12.3 Å². The maximum absolute atomic E-state index is 12.2. The van der Waals surface area contributed by atoms with Crippen molar-refractivity contribution in [2.45, 2.75) is 20.3 Å². The summed E-state index contributed by atoms with van der Waals surface area (Å²) >= 11 is 1.64. The Morgan fingerprint density at radius 1 is 1.27 bits per heavy atom. The number of carbonyl (C=O) groups excluding carboxylic acids is 1.